The van der Waals surface area contributed by atoms with Gasteiger partial charge in [0.05, 0.1) is 6.10 Å². The van der Waals surface area contributed by atoms with Gasteiger partial charge in [-0.15, -0.1) is 0 Å². The minimum Gasteiger partial charge on any atom is -0.377 e. The molecule has 0 aromatic heterocycles. The molecule has 0 bridgehead atoms. The van der Waals surface area contributed by atoms with Crippen molar-refractivity contribution in [2.24, 2.45) is 16.3 Å². The number of guanidine groups is 1. The van der Waals surface area contributed by atoms with E-state index >= 15 is 0 Å². The highest BCUT2D eigenvalue weighted by atomic mass is 16.5. The predicted octanol–water partition coefficient (Wildman–Crippen LogP) is 3.36. The highest BCUT2D eigenvalue weighted by molar-refractivity contribution is 5.85. The number of aliphatic imine (C=N–C) groups is 1. The molecule has 26 heavy (non-hydrogen) atoms. The van der Waals surface area contributed by atoms with Crippen molar-refractivity contribution in [3.63, 3.8) is 0 Å². The van der Waals surface area contributed by atoms with Crippen LogP contribution in [0.15, 0.2) is 47.5 Å². The second-order valence-electron chi connectivity index (χ2n) is 8.07. The Bertz CT molecular complexity index is 809. The molecule has 4 nitrogen and oxygen atoms in total. The first-order chi connectivity index (χ1) is 12.6. The summed E-state index contributed by atoms with van der Waals surface area (Å²) in [5.41, 5.74) is 1.54. The number of fused-ring (bicyclic) bond motifs is 2. The van der Waals surface area contributed by atoms with Crippen LogP contribution in [0.5, 0.6) is 0 Å². The van der Waals surface area contributed by atoms with Gasteiger partial charge in [0.15, 0.2) is 5.96 Å². The second kappa shape index (κ2) is 6.92. The lowest BCUT2D eigenvalue weighted by Gasteiger charge is -2.54. The first-order valence-electron chi connectivity index (χ1n) is 9.66. The van der Waals surface area contributed by atoms with Crippen molar-refractivity contribution in [3.8, 4) is 0 Å². The van der Waals surface area contributed by atoms with Crippen LogP contribution in [0, 0.1) is 11.3 Å². The molecule has 0 spiro atoms. The number of rotatable bonds is 4. The molecule has 1 aliphatic carbocycles. The minimum atomic E-state index is 0.161. The van der Waals surface area contributed by atoms with Gasteiger partial charge in [-0.1, -0.05) is 56.3 Å². The fourth-order valence-electron chi connectivity index (χ4n) is 4.79. The highest BCUT2D eigenvalue weighted by Gasteiger charge is 2.59. The Kier molecular flexibility index (Phi) is 4.62. The van der Waals surface area contributed by atoms with Crippen LogP contribution < -0.4 is 10.6 Å². The van der Waals surface area contributed by atoms with E-state index in [1.807, 2.05) is 7.05 Å². The number of hydrogen-bond donors (Lipinski definition) is 2. The third-order valence-electron chi connectivity index (χ3n) is 6.18. The molecular weight excluding hydrogens is 322 g/mol. The number of hydrogen-bond acceptors (Lipinski definition) is 2. The van der Waals surface area contributed by atoms with E-state index in [2.05, 4.69) is 71.9 Å². The van der Waals surface area contributed by atoms with Crippen molar-refractivity contribution >= 4 is 16.7 Å². The quantitative estimate of drug-likeness (QED) is 0.656. The topological polar surface area (TPSA) is 45.7 Å². The van der Waals surface area contributed by atoms with E-state index in [1.165, 1.54) is 16.3 Å². The van der Waals surface area contributed by atoms with Crippen molar-refractivity contribution in [2.45, 2.75) is 38.8 Å². The molecule has 2 aromatic rings. The SMILES string of the molecule is CN=C(NCCc1cccc2ccccc12)NC1C2CCOC2C1(C)C. The molecule has 2 fully saturated rings. The summed E-state index contributed by atoms with van der Waals surface area (Å²) in [5, 5.41) is 9.79. The van der Waals surface area contributed by atoms with Gasteiger partial charge >= 0.3 is 0 Å². The minimum absolute atomic E-state index is 0.161. The van der Waals surface area contributed by atoms with Crippen LogP contribution in [0.3, 0.4) is 0 Å². The molecule has 138 valence electrons. The van der Waals surface area contributed by atoms with Crippen molar-refractivity contribution < 1.29 is 4.74 Å². The Labute approximate surface area is 156 Å². The van der Waals surface area contributed by atoms with Crippen LogP contribution in [-0.4, -0.2) is 38.3 Å². The summed E-state index contributed by atoms with van der Waals surface area (Å²) < 4.78 is 5.89. The lowest BCUT2D eigenvalue weighted by atomic mass is 9.57. The second-order valence-corrected chi connectivity index (χ2v) is 8.07. The Hall–Kier alpha value is -2.07. The highest BCUT2D eigenvalue weighted by Crippen LogP contribution is 2.52. The van der Waals surface area contributed by atoms with Crippen LogP contribution in [0.1, 0.15) is 25.8 Å². The van der Waals surface area contributed by atoms with Crippen molar-refractivity contribution in [2.75, 3.05) is 20.2 Å². The number of benzene rings is 2. The largest absolute Gasteiger partial charge is 0.377 e. The van der Waals surface area contributed by atoms with E-state index < -0.39 is 0 Å². The molecule has 0 radical (unpaired) electrons. The first-order valence-corrected chi connectivity index (χ1v) is 9.66. The molecule has 4 heteroatoms. The molecule has 2 N–H and O–H groups in total. The van der Waals surface area contributed by atoms with Gasteiger partial charge in [0.25, 0.3) is 0 Å². The molecule has 1 aliphatic heterocycles. The summed E-state index contributed by atoms with van der Waals surface area (Å²) in [6.07, 6.45) is 2.53. The Morgan fingerprint density at radius 2 is 2.00 bits per heavy atom. The number of ether oxygens (including phenoxy) is 1. The molecule has 4 rings (SSSR count). The average molecular weight is 351 g/mol. The van der Waals surface area contributed by atoms with E-state index in [-0.39, 0.29) is 5.41 Å². The summed E-state index contributed by atoms with van der Waals surface area (Å²) in [6, 6.07) is 15.5. The van der Waals surface area contributed by atoms with E-state index in [0.29, 0.717) is 18.1 Å². The van der Waals surface area contributed by atoms with E-state index in [4.69, 9.17) is 4.74 Å². The summed E-state index contributed by atoms with van der Waals surface area (Å²) in [7, 11) is 1.85. The van der Waals surface area contributed by atoms with Gasteiger partial charge in [0, 0.05) is 37.6 Å². The average Bonchev–Trinajstić information content (AvgIpc) is 3.11. The van der Waals surface area contributed by atoms with Gasteiger partial charge in [0.2, 0.25) is 0 Å². The molecule has 1 saturated heterocycles. The lowest BCUT2D eigenvalue weighted by molar-refractivity contribution is -0.106. The molecule has 3 unspecified atom stereocenters. The van der Waals surface area contributed by atoms with Gasteiger partial charge < -0.3 is 15.4 Å². The monoisotopic (exact) mass is 351 g/mol. The van der Waals surface area contributed by atoms with E-state index in [0.717, 1.165) is 32.0 Å². The van der Waals surface area contributed by atoms with Gasteiger partial charge in [-0.05, 0) is 29.2 Å². The van der Waals surface area contributed by atoms with Crippen molar-refractivity contribution in [1.82, 2.24) is 10.6 Å². The summed E-state index contributed by atoms with van der Waals surface area (Å²) >= 11 is 0. The number of nitrogens with zero attached hydrogens (tertiary/aromatic N) is 1. The van der Waals surface area contributed by atoms with Crippen LogP contribution in [0.2, 0.25) is 0 Å². The third kappa shape index (κ3) is 2.96. The van der Waals surface area contributed by atoms with Crippen molar-refractivity contribution in [3.05, 3.63) is 48.0 Å². The maximum Gasteiger partial charge on any atom is 0.191 e. The fraction of sp³-hybridized carbons (Fsp3) is 0.500. The molecule has 0 amide bonds. The molecule has 2 aromatic carbocycles. The normalized spacial score (nSPS) is 27.0. The molecule has 1 saturated carbocycles. The maximum atomic E-state index is 5.89. The first kappa shape index (κ1) is 17.3. The zero-order valence-electron chi connectivity index (χ0n) is 16.0. The molecule has 3 atom stereocenters. The van der Waals surface area contributed by atoms with Gasteiger partial charge in [-0.2, -0.15) is 0 Å². The Morgan fingerprint density at radius 1 is 1.19 bits per heavy atom. The fourth-order valence-corrected chi connectivity index (χ4v) is 4.79. The third-order valence-corrected chi connectivity index (χ3v) is 6.18. The predicted molar refractivity (Wildman–Crippen MR) is 108 cm³/mol. The zero-order valence-corrected chi connectivity index (χ0v) is 16.0. The standard InChI is InChI=1S/C22H29N3O/c1-22(2)19(18-12-14-26-20(18)22)25-21(23-3)24-13-11-16-9-6-8-15-7-4-5-10-17(15)16/h4-10,18-20H,11-14H2,1-3H3,(H2,23,24,25). The Balaban J connectivity index is 1.36. The van der Waals surface area contributed by atoms with Crippen LogP contribution in [0.4, 0.5) is 0 Å². The zero-order chi connectivity index (χ0) is 18.1. The van der Waals surface area contributed by atoms with Crippen LogP contribution in [0.25, 0.3) is 10.8 Å². The van der Waals surface area contributed by atoms with Crippen LogP contribution >= 0.6 is 0 Å². The van der Waals surface area contributed by atoms with Crippen LogP contribution in [-0.2, 0) is 11.2 Å². The Morgan fingerprint density at radius 3 is 2.85 bits per heavy atom. The summed E-state index contributed by atoms with van der Waals surface area (Å²) in [6.45, 7) is 6.34. The number of nitrogens with one attached hydrogen (secondary N) is 2. The van der Waals surface area contributed by atoms with E-state index in [1.54, 1.807) is 0 Å². The smallest absolute Gasteiger partial charge is 0.191 e. The van der Waals surface area contributed by atoms with E-state index in [9.17, 15) is 0 Å². The van der Waals surface area contributed by atoms with Gasteiger partial charge in [0.1, 0.15) is 0 Å². The summed E-state index contributed by atoms with van der Waals surface area (Å²) in [4.78, 5) is 4.44. The van der Waals surface area contributed by atoms with Gasteiger partial charge in [-0.3, -0.25) is 4.99 Å². The molecule has 1 heterocycles. The van der Waals surface area contributed by atoms with Gasteiger partial charge in [-0.25, -0.2) is 0 Å². The maximum absolute atomic E-state index is 5.89. The summed E-state index contributed by atoms with van der Waals surface area (Å²) in [5.74, 6) is 1.51. The molecular formula is C22H29N3O. The van der Waals surface area contributed by atoms with Crippen molar-refractivity contribution in [1.29, 1.82) is 0 Å². The molecule has 2 aliphatic rings. The lowest BCUT2D eigenvalue weighted by Crippen LogP contribution is -2.68.